The molecule has 1 unspecified atom stereocenters. The first-order valence-electron chi connectivity index (χ1n) is 9.41. The molecule has 2 aromatic rings. The minimum Gasteiger partial charge on any atom is -0.496 e. The van der Waals surface area contributed by atoms with Gasteiger partial charge in [-0.2, -0.15) is 0 Å². The van der Waals surface area contributed by atoms with Gasteiger partial charge >= 0.3 is 0 Å². The molecule has 1 N–H and O–H groups in total. The largest absolute Gasteiger partial charge is 0.496 e. The maximum atomic E-state index is 11.8. The van der Waals surface area contributed by atoms with Gasteiger partial charge in [0.25, 0.3) is 0 Å². The van der Waals surface area contributed by atoms with E-state index in [1.54, 1.807) is 7.11 Å². The number of para-hydroxylation sites is 1. The van der Waals surface area contributed by atoms with Gasteiger partial charge in [0.05, 0.1) is 7.11 Å². The third-order valence-electron chi connectivity index (χ3n) is 4.54. The van der Waals surface area contributed by atoms with E-state index in [1.807, 2.05) is 43.2 Å². The van der Waals surface area contributed by atoms with Gasteiger partial charge in [-0.3, -0.25) is 4.79 Å². The fraction of sp³-hybridized carbons (Fsp3) is 0.391. The summed E-state index contributed by atoms with van der Waals surface area (Å²) in [5.74, 6) is 1.31. The van der Waals surface area contributed by atoms with Gasteiger partial charge in [-0.25, -0.2) is 0 Å². The summed E-state index contributed by atoms with van der Waals surface area (Å²) >= 11 is 0. The summed E-state index contributed by atoms with van der Waals surface area (Å²) in [6, 6.07) is 18.3. The average molecular weight is 370 g/mol. The summed E-state index contributed by atoms with van der Waals surface area (Å²) < 4.78 is 5.34. The van der Waals surface area contributed by atoms with Crippen LogP contribution in [0.2, 0.25) is 0 Å². The molecule has 1 aliphatic rings. The second kappa shape index (κ2) is 13.6. The van der Waals surface area contributed by atoms with Crippen molar-refractivity contribution < 1.29 is 14.3 Å². The van der Waals surface area contributed by atoms with Crippen LogP contribution < -0.4 is 10.1 Å². The van der Waals surface area contributed by atoms with Crippen molar-refractivity contribution >= 4 is 12.7 Å². The SMILES string of the molecule is C=O.COc1ccccc1CCC1CCCCNC1=O.Cc1ccccc1. The maximum absolute atomic E-state index is 11.8. The molecule has 0 aromatic heterocycles. The van der Waals surface area contributed by atoms with Gasteiger partial charge in [0.2, 0.25) is 5.91 Å². The first-order chi connectivity index (χ1) is 13.2. The molecule has 1 heterocycles. The van der Waals surface area contributed by atoms with Crippen molar-refractivity contribution in [3.8, 4) is 5.75 Å². The van der Waals surface area contributed by atoms with Crippen molar-refractivity contribution in [1.29, 1.82) is 0 Å². The second-order valence-corrected chi connectivity index (χ2v) is 6.49. The Labute approximate surface area is 162 Å². The molecule has 1 fully saturated rings. The Morgan fingerprint density at radius 1 is 1.04 bits per heavy atom. The van der Waals surface area contributed by atoms with Gasteiger partial charge in [-0.05, 0) is 44.2 Å². The number of methoxy groups -OCH3 is 1. The molecular formula is C23H31NO3. The molecule has 0 spiro atoms. The Bertz CT molecular complexity index is 658. The molecule has 4 heteroatoms. The zero-order valence-electron chi connectivity index (χ0n) is 16.4. The van der Waals surface area contributed by atoms with E-state index >= 15 is 0 Å². The van der Waals surface area contributed by atoms with Crippen LogP contribution in [0.5, 0.6) is 5.75 Å². The summed E-state index contributed by atoms with van der Waals surface area (Å²) in [4.78, 5) is 19.8. The van der Waals surface area contributed by atoms with E-state index in [0.29, 0.717) is 0 Å². The van der Waals surface area contributed by atoms with Crippen LogP contribution in [0, 0.1) is 12.8 Å². The fourth-order valence-electron chi connectivity index (χ4n) is 3.05. The molecule has 3 rings (SSSR count). The Morgan fingerprint density at radius 2 is 1.70 bits per heavy atom. The van der Waals surface area contributed by atoms with Crippen LogP contribution in [0.4, 0.5) is 0 Å². The summed E-state index contributed by atoms with van der Waals surface area (Å²) in [7, 11) is 1.69. The van der Waals surface area contributed by atoms with Crippen LogP contribution in [-0.4, -0.2) is 26.4 Å². The number of amides is 1. The Kier molecular flexibility index (Phi) is 11.3. The number of rotatable bonds is 4. The molecule has 146 valence electrons. The summed E-state index contributed by atoms with van der Waals surface area (Å²) in [5.41, 5.74) is 2.51. The lowest BCUT2D eigenvalue weighted by Gasteiger charge is -2.14. The van der Waals surface area contributed by atoms with Gasteiger partial charge in [-0.15, -0.1) is 0 Å². The zero-order chi connectivity index (χ0) is 19.9. The molecule has 0 bridgehead atoms. The number of nitrogens with one attached hydrogen (secondary N) is 1. The average Bonchev–Trinajstić information content (AvgIpc) is 2.93. The normalized spacial score (nSPS) is 15.8. The number of benzene rings is 2. The standard InChI is InChI=1S/C15H21NO2.C7H8.CH2O/c1-18-14-8-3-2-6-12(14)9-10-13-7-4-5-11-16-15(13)17;1-7-5-3-2-4-6-7;1-2/h2-3,6,8,13H,4-5,7,9-11H2,1H3,(H,16,17);2-6H,1H3;1H2. The highest BCUT2D eigenvalue weighted by Gasteiger charge is 2.20. The van der Waals surface area contributed by atoms with Gasteiger partial charge in [0.1, 0.15) is 12.5 Å². The minimum absolute atomic E-state index is 0.164. The molecule has 1 aliphatic heterocycles. The van der Waals surface area contributed by atoms with Crippen molar-refractivity contribution in [2.75, 3.05) is 13.7 Å². The van der Waals surface area contributed by atoms with E-state index in [4.69, 9.17) is 9.53 Å². The van der Waals surface area contributed by atoms with Crippen LogP contribution in [0.3, 0.4) is 0 Å². The Morgan fingerprint density at radius 3 is 2.33 bits per heavy atom. The van der Waals surface area contributed by atoms with Crippen molar-refractivity contribution in [2.45, 2.75) is 39.0 Å². The highest BCUT2D eigenvalue weighted by Crippen LogP contribution is 2.23. The molecule has 2 aromatic carbocycles. The van der Waals surface area contributed by atoms with E-state index in [2.05, 4.69) is 30.4 Å². The van der Waals surface area contributed by atoms with Crippen molar-refractivity contribution in [3.05, 3.63) is 65.7 Å². The summed E-state index contributed by atoms with van der Waals surface area (Å²) in [6.07, 6.45) is 5.08. The van der Waals surface area contributed by atoms with E-state index in [9.17, 15) is 4.79 Å². The van der Waals surface area contributed by atoms with Crippen LogP contribution >= 0.6 is 0 Å². The van der Waals surface area contributed by atoms with E-state index in [0.717, 1.165) is 44.4 Å². The third kappa shape index (κ3) is 8.54. The van der Waals surface area contributed by atoms with Gasteiger partial charge in [0.15, 0.2) is 0 Å². The molecule has 0 saturated carbocycles. The topological polar surface area (TPSA) is 55.4 Å². The number of carbonyl (C=O) groups excluding carboxylic acids is 2. The third-order valence-corrected chi connectivity index (χ3v) is 4.54. The number of hydrogen-bond acceptors (Lipinski definition) is 3. The lowest BCUT2D eigenvalue weighted by atomic mass is 9.94. The predicted molar refractivity (Wildman–Crippen MR) is 110 cm³/mol. The Balaban J connectivity index is 0.000000338. The smallest absolute Gasteiger partial charge is 0.223 e. The summed E-state index contributed by atoms with van der Waals surface area (Å²) in [5, 5.41) is 2.99. The molecule has 1 saturated heterocycles. The molecule has 1 atom stereocenters. The quantitative estimate of drug-likeness (QED) is 0.871. The highest BCUT2D eigenvalue weighted by atomic mass is 16.5. The lowest BCUT2D eigenvalue weighted by Crippen LogP contribution is -2.29. The van der Waals surface area contributed by atoms with Crippen LogP contribution in [0.1, 0.15) is 36.8 Å². The van der Waals surface area contributed by atoms with Crippen molar-refractivity contribution in [2.24, 2.45) is 5.92 Å². The van der Waals surface area contributed by atoms with E-state index in [-0.39, 0.29) is 11.8 Å². The van der Waals surface area contributed by atoms with Crippen molar-refractivity contribution in [1.82, 2.24) is 5.32 Å². The van der Waals surface area contributed by atoms with Gasteiger partial charge in [-0.1, -0.05) is 60.5 Å². The molecule has 4 nitrogen and oxygen atoms in total. The van der Waals surface area contributed by atoms with Crippen molar-refractivity contribution in [3.63, 3.8) is 0 Å². The number of carbonyl (C=O) groups is 2. The van der Waals surface area contributed by atoms with Crippen LogP contribution in [0.15, 0.2) is 54.6 Å². The lowest BCUT2D eigenvalue weighted by molar-refractivity contribution is -0.124. The second-order valence-electron chi connectivity index (χ2n) is 6.49. The molecule has 0 radical (unpaired) electrons. The van der Waals surface area contributed by atoms with Gasteiger partial charge < -0.3 is 14.8 Å². The van der Waals surface area contributed by atoms with E-state index in [1.165, 1.54) is 11.1 Å². The number of aryl methyl sites for hydroxylation is 2. The predicted octanol–water partition coefficient (Wildman–Crippen LogP) is 4.35. The van der Waals surface area contributed by atoms with Crippen LogP contribution in [-0.2, 0) is 16.0 Å². The molecule has 0 aliphatic carbocycles. The Hall–Kier alpha value is -2.62. The number of ether oxygens (including phenoxy) is 1. The fourth-order valence-corrected chi connectivity index (χ4v) is 3.05. The number of hydrogen-bond donors (Lipinski definition) is 1. The minimum atomic E-state index is 0.164. The highest BCUT2D eigenvalue weighted by molar-refractivity contribution is 5.78. The maximum Gasteiger partial charge on any atom is 0.223 e. The first-order valence-corrected chi connectivity index (χ1v) is 9.41. The molecule has 1 amide bonds. The van der Waals surface area contributed by atoms with E-state index < -0.39 is 0 Å². The zero-order valence-corrected chi connectivity index (χ0v) is 16.4. The molecule has 27 heavy (non-hydrogen) atoms. The monoisotopic (exact) mass is 369 g/mol. The van der Waals surface area contributed by atoms with Crippen LogP contribution in [0.25, 0.3) is 0 Å². The summed E-state index contributed by atoms with van der Waals surface area (Å²) in [6.45, 7) is 4.92. The molecular weight excluding hydrogens is 338 g/mol. The first kappa shape index (κ1) is 22.4. The van der Waals surface area contributed by atoms with Gasteiger partial charge in [0, 0.05) is 12.5 Å².